The first-order valence-electron chi connectivity index (χ1n) is 4.64. The lowest BCUT2D eigenvalue weighted by atomic mass is 10.1. The maximum Gasteiger partial charge on any atom is 0.125 e. The zero-order valence-electron chi connectivity index (χ0n) is 8.96. The van der Waals surface area contributed by atoms with Crippen molar-refractivity contribution in [2.24, 2.45) is 5.73 Å². The average molecular weight is 195 g/mol. The third kappa shape index (κ3) is 2.17. The van der Waals surface area contributed by atoms with Gasteiger partial charge >= 0.3 is 0 Å². The van der Waals surface area contributed by atoms with Crippen molar-refractivity contribution in [1.29, 1.82) is 0 Å². The highest BCUT2D eigenvalue weighted by Crippen LogP contribution is 2.29. The summed E-state index contributed by atoms with van der Waals surface area (Å²) >= 11 is 0. The predicted molar refractivity (Wildman–Crippen MR) is 57.0 cm³/mol. The van der Waals surface area contributed by atoms with E-state index in [4.69, 9.17) is 15.2 Å². The maximum atomic E-state index is 5.50. The van der Waals surface area contributed by atoms with Crippen LogP contribution in [0.5, 0.6) is 11.5 Å². The minimum atomic E-state index is 0.634. The highest BCUT2D eigenvalue weighted by Gasteiger charge is 2.07. The number of rotatable bonds is 4. The fraction of sp³-hybridized carbons (Fsp3) is 0.455. The summed E-state index contributed by atoms with van der Waals surface area (Å²) in [4.78, 5) is 0. The molecule has 0 atom stereocenters. The molecule has 3 nitrogen and oxygen atoms in total. The van der Waals surface area contributed by atoms with Crippen molar-refractivity contribution < 1.29 is 9.47 Å². The van der Waals surface area contributed by atoms with Gasteiger partial charge in [0.15, 0.2) is 0 Å². The normalized spacial score (nSPS) is 10.0. The van der Waals surface area contributed by atoms with E-state index in [0.29, 0.717) is 6.54 Å². The molecule has 14 heavy (non-hydrogen) atoms. The van der Waals surface area contributed by atoms with Gasteiger partial charge < -0.3 is 15.2 Å². The first-order chi connectivity index (χ1) is 6.72. The fourth-order valence-electron chi connectivity index (χ4n) is 1.45. The van der Waals surface area contributed by atoms with Crippen molar-refractivity contribution in [3.05, 3.63) is 23.3 Å². The van der Waals surface area contributed by atoms with Crippen LogP contribution in [0.4, 0.5) is 0 Å². The molecule has 0 aromatic heterocycles. The lowest BCUT2D eigenvalue weighted by Crippen LogP contribution is -2.04. The van der Waals surface area contributed by atoms with Crippen LogP contribution in [0.2, 0.25) is 0 Å². The Morgan fingerprint density at radius 1 is 1.14 bits per heavy atom. The molecule has 0 heterocycles. The Labute approximate surface area is 84.8 Å². The van der Waals surface area contributed by atoms with E-state index in [1.165, 1.54) is 0 Å². The van der Waals surface area contributed by atoms with Crippen molar-refractivity contribution in [3.8, 4) is 11.5 Å². The largest absolute Gasteiger partial charge is 0.496 e. The summed E-state index contributed by atoms with van der Waals surface area (Å²) < 4.78 is 10.5. The van der Waals surface area contributed by atoms with E-state index in [0.717, 1.165) is 29.0 Å². The molecule has 3 heteroatoms. The Balaban J connectivity index is 3.11. The zero-order chi connectivity index (χ0) is 10.6. The number of nitrogens with two attached hydrogens (primary N) is 1. The second-order valence-corrected chi connectivity index (χ2v) is 3.16. The molecule has 0 aliphatic carbocycles. The van der Waals surface area contributed by atoms with Crippen LogP contribution in [-0.4, -0.2) is 20.8 Å². The zero-order valence-corrected chi connectivity index (χ0v) is 8.96. The van der Waals surface area contributed by atoms with Crippen LogP contribution >= 0.6 is 0 Å². The summed E-state index contributed by atoms with van der Waals surface area (Å²) in [6.07, 6.45) is 0.840. The fourth-order valence-corrected chi connectivity index (χ4v) is 1.45. The standard InChI is InChI=1S/C11H17NO2/c1-8-10(13-2)6-9(4-5-12)7-11(8)14-3/h6-7H,4-5,12H2,1-3H3. The van der Waals surface area contributed by atoms with Gasteiger partial charge in [0.25, 0.3) is 0 Å². The minimum Gasteiger partial charge on any atom is -0.496 e. The lowest BCUT2D eigenvalue weighted by molar-refractivity contribution is 0.388. The molecule has 0 amide bonds. The van der Waals surface area contributed by atoms with Crippen LogP contribution in [0.25, 0.3) is 0 Å². The molecule has 0 saturated heterocycles. The van der Waals surface area contributed by atoms with Crippen LogP contribution in [0.1, 0.15) is 11.1 Å². The Kier molecular flexibility index (Phi) is 3.77. The number of benzene rings is 1. The maximum absolute atomic E-state index is 5.50. The monoisotopic (exact) mass is 195 g/mol. The molecule has 0 aliphatic rings. The van der Waals surface area contributed by atoms with Crippen LogP contribution in [0.15, 0.2) is 12.1 Å². The molecule has 0 spiro atoms. The van der Waals surface area contributed by atoms with Gasteiger partial charge in [-0.3, -0.25) is 0 Å². The summed E-state index contributed by atoms with van der Waals surface area (Å²) in [5, 5.41) is 0. The Hall–Kier alpha value is -1.22. The highest BCUT2D eigenvalue weighted by atomic mass is 16.5. The van der Waals surface area contributed by atoms with Crippen LogP contribution in [0, 0.1) is 6.92 Å². The second-order valence-electron chi connectivity index (χ2n) is 3.16. The van der Waals surface area contributed by atoms with Crippen molar-refractivity contribution in [2.45, 2.75) is 13.3 Å². The van der Waals surface area contributed by atoms with Gasteiger partial charge in [-0.2, -0.15) is 0 Å². The predicted octanol–water partition coefficient (Wildman–Crippen LogP) is 1.51. The molecule has 0 aliphatic heterocycles. The van der Waals surface area contributed by atoms with Gasteiger partial charge in [0, 0.05) is 5.56 Å². The highest BCUT2D eigenvalue weighted by molar-refractivity contribution is 5.47. The summed E-state index contributed by atoms with van der Waals surface area (Å²) in [6.45, 7) is 2.61. The molecule has 0 bridgehead atoms. The molecule has 0 unspecified atom stereocenters. The Bertz CT molecular complexity index is 285. The Morgan fingerprint density at radius 2 is 1.64 bits per heavy atom. The van der Waals surface area contributed by atoms with Gasteiger partial charge in [0.1, 0.15) is 11.5 Å². The van der Waals surface area contributed by atoms with Crippen LogP contribution in [-0.2, 0) is 6.42 Å². The summed E-state index contributed by atoms with van der Waals surface area (Å²) in [5.74, 6) is 1.71. The van der Waals surface area contributed by atoms with E-state index in [2.05, 4.69) is 0 Å². The molecular formula is C11H17NO2. The molecule has 1 aromatic carbocycles. The lowest BCUT2D eigenvalue weighted by Gasteiger charge is -2.12. The first-order valence-corrected chi connectivity index (χ1v) is 4.64. The smallest absolute Gasteiger partial charge is 0.125 e. The van der Waals surface area contributed by atoms with Crippen molar-refractivity contribution in [3.63, 3.8) is 0 Å². The van der Waals surface area contributed by atoms with Crippen LogP contribution < -0.4 is 15.2 Å². The molecule has 0 fully saturated rings. The number of hydrogen-bond donors (Lipinski definition) is 1. The molecule has 1 aromatic rings. The molecule has 0 radical (unpaired) electrons. The first kappa shape index (κ1) is 10.9. The number of hydrogen-bond acceptors (Lipinski definition) is 3. The third-order valence-corrected chi connectivity index (χ3v) is 2.25. The van der Waals surface area contributed by atoms with Gasteiger partial charge in [-0.25, -0.2) is 0 Å². The van der Waals surface area contributed by atoms with Crippen molar-refractivity contribution in [2.75, 3.05) is 20.8 Å². The summed E-state index contributed by atoms with van der Waals surface area (Å²) in [5.41, 5.74) is 7.67. The molecular weight excluding hydrogens is 178 g/mol. The molecule has 0 saturated carbocycles. The van der Waals surface area contributed by atoms with Gasteiger partial charge in [0.2, 0.25) is 0 Å². The minimum absolute atomic E-state index is 0.634. The topological polar surface area (TPSA) is 44.5 Å². The van der Waals surface area contributed by atoms with E-state index < -0.39 is 0 Å². The number of methoxy groups -OCH3 is 2. The van der Waals surface area contributed by atoms with Gasteiger partial charge in [-0.05, 0) is 37.6 Å². The van der Waals surface area contributed by atoms with Crippen LogP contribution in [0.3, 0.4) is 0 Å². The van der Waals surface area contributed by atoms with Gasteiger partial charge in [0.05, 0.1) is 14.2 Å². The average Bonchev–Trinajstić information content (AvgIpc) is 2.20. The quantitative estimate of drug-likeness (QED) is 0.792. The van der Waals surface area contributed by atoms with E-state index in [-0.39, 0.29) is 0 Å². The molecule has 1 rings (SSSR count). The summed E-state index contributed by atoms with van der Waals surface area (Å²) in [7, 11) is 3.32. The summed E-state index contributed by atoms with van der Waals surface area (Å²) in [6, 6.07) is 4.01. The van der Waals surface area contributed by atoms with E-state index in [9.17, 15) is 0 Å². The van der Waals surface area contributed by atoms with E-state index in [1.54, 1.807) is 14.2 Å². The molecule has 2 N–H and O–H groups in total. The van der Waals surface area contributed by atoms with Gasteiger partial charge in [-0.1, -0.05) is 0 Å². The van der Waals surface area contributed by atoms with Gasteiger partial charge in [-0.15, -0.1) is 0 Å². The molecule has 78 valence electrons. The third-order valence-electron chi connectivity index (χ3n) is 2.25. The Morgan fingerprint density at radius 3 is 2.00 bits per heavy atom. The van der Waals surface area contributed by atoms with Crippen molar-refractivity contribution >= 4 is 0 Å². The van der Waals surface area contributed by atoms with E-state index in [1.807, 2.05) is 19.1 Å². The van der Waals surface area contributed by atoms with Crippen molar-refractivity contribution in [1.82, 2.24) is 0 Å². The second kappa shape index (κ2) is 4.86. The van der Waals surface area contributed by atoms with E-state index >= 15 is 0 Å². The SMILES string of the molecule is COc1cc(CCN)cc(OC)c1C. The number of ether oxygens (including phenoxy) is 2.